The van der Waals surface area contributed by atoms with Crippen molar-refractivity contribution in [3.05, 3.63) is 0 Å². The molecule has 0 radical (unpaired) electrons. The zero-order chi connectivity index (χ0) is 13.1. The maximum atomic E-state index is 11.7. The molecule has 0 aromatic rings. The molecule has 0 amide bonds. The highest BCUT2D eigenvalue weighted by molar-refractivity contribution is 5.83. The van der Waals surface area contributed by atoms with Crippen molar-refractivity contribution in [2.75, 3.05) is 0 Å². The molecule has 2 N–H and O–H groups in total. The monoisotopic (exact) mass is 240 g/mol. The molecule has 0 heterocycles. The molecule has 4 nitrogen and oxygen atoms in total. The van der Waals surface area contributed by atoms with Crippen molar-refractivity contribution >= 4 is 11.9 Å². The van der Waals surface area contributed by atoms with Gasteiger partial charge in [0.05, 0.1) is 11.8 Å². The smallest absolute Gasteiger partial charge is 0.310 e. The van der Waals surface area contributed by atoms with E-state index < -0.39 is 22.8 Å². The molecule has 96 valence electrons. The number of hydrogen-bond acceptors (Lipinski definition) is 2. The van der Waals surface area contributed by atoms with Crippen LogP contribution in [0, 0.1) is 22.2 Å². The summed E-state index contributed by atoms with van der Waals surface area (Å²) in [6.45, 7) is 6.16. The van der Waals surface area contributed by atoms with Gasteiger partial charge in [-0.2, -0.15) is 0 Å². The molecule has 0 spiro atoms. The summed E-state index contributed by atoms with van der Waals surface area (Å²) in [6.07, 6.45) is 2.11. The number of carbonyl (C=O) groups is 2. The summed E-state index contributed by atoms with van der Waals surface area (Å²) in [5.41, 5.74) is -1.57. The molecule has 2 bridgehead atoms. The molecular formula is C13H20O4. The molecule has 0 saturated heterocycles. The summed E-state index contributed by atoms with van der Waals surface area (Å²) in [4.78, 5) is 22.7. The Morgan fingerprint density at radius 3 is 2.12 bits per heavy atom. The average molecular weight is 240 g/mol. The summed E-state index contributed by atoms with van der Waals surface area (Å²) in [5.74, 6) is -1.60. The van der Waals surface area contributed by atoms with Crippen LogP contribution < -0.4 is 0 Å². The first kappa shape index (κ1) is 12.4. The predicted octanol–water partition coefficient (Wildman–Crippen LogP) is 2.38. The Morgan fingerprint density at radius 1 is 1.24 bits per heavy atom. The van der Waals surface area contributed by atoms with Gasteiger partial charge in [-0.15, -0.1) is 0 Å². The topological polar surface area (TPSA) is 74.6 Å². The SMILES string of the molecule is CC1(C)[C@H]2CC[C@@]1(C)[C@](CC(=O)O)(C(=O)O)C2. The van der Waals surface area contributed by atoms with Gasteiger partial charge in [-0.25, -0.2) is 0 Å². The Bertz CT molecular complexity index is 387. The molecule has 3 atom stereocenters. The summed E-state index contributed by atoms with van der Waals surface area (Å²) in [7, 11) is 0. The quantitative estimate of drug-likeness (QED) is 0.794. The predicted molar refractivity (Wildman–Crippen MR) is 61.6 cm³/mol. The molecule has 2 rings (SSSR count). The third kappa shape index (κ3) is 1.24. The summed E-state index contributed by atoms with van der Waals surface area (Å²) in [6, 6.07) is 0. The van der Waals surface area contributed by atoms with E-state index in [1.807, 2.05) is 6.92 Å². The van der Waals surface area contributed by atoms with Gasteiger partial charge in [-0.05, 0) is 36.0 Å². The van der Waals surface area contributed by atoms with Gasteiger partial charge in [0.25, 0.3) is 0 Å². The lowest BCUT2D eigenvalue weighted by atomic mass is 9.57. The normalized spacial score (nSPS) is 42.6. The van der Waals surface area contributed by atoms with E-state index in [1.54, 1.807) is 0 Å². The van der Waals surface area contributed by atoms with Crippen LogP contribution in [-0.2, 0) is 9.59 Å². The maximum absolute atomic E-state index is 11.7. The Balaban J connectivity index is 2.51. The minimum atomic E-state index is -1.08. The Hall–Kier alpha value is -1.06. The van der Waals surface area contributed by atoms with Crippen LogP contribution in [0.1, 0.15) is 46.5 Å². The van der Waals surface area contributed by atoms with Crippen LogP contribution in [0.25, 0.3) is 0 Å². The van der Waals surface area contributed by atoms with E-state index in [0.29, 0.717) is 12.3 Å². The maximum Gasteiger partial charge on any atom is 0.310 e. The summed E-state index contributed by atoms with van der Waals surface area (Å²) in [5, 5.41) is 18.6. The fourth-order valence-corrected chi connectivity index (χ4v) is 4.38. The minimum Gasteiger partial charge on any atom is -0.481 e. The van der Waals surface area contributed by atoms with Crippen molar-refractivity contribution in [3.8, 4) is 0 Å². The van der Waals surface area contributed by atoms with Crippen LogP contribution in [0.3, 0.4) is 0 Å². The fourth-order valence-electron chi connectivity index (χ4n) is 4.38. The van der Waals surface area contributed by atoms with Crippen LogP contribution in [-0.4, -0.2) is 22.2 Å². The third-order valence-corrected chi connectivity index (χ3v) is 5.95. The van der Waals surface area contributed by atoms with Crippen molar-refractivity contribution in [1.29, 1.82) is 0 Å². The lowest BCUT2D eigenvalue weighted by Crippen LogP contribution is -2.48. The molecular weight excluding hydrogens is 220 g/mol. The van der Waals surface area contributed by atoms with E-state index in [-0.39, 0.29) is 11.8 Å². The van der Waals surface area contributed by atoms with Gasteiger partial charge in [-0.1, -0.05) is 20.8 Å². The van der Waals surface area contributed by atoms with Gasteiger partial charge in [0.2, 0.25) is 0 Å². The fraction of sp³-hybridized carbons (Fsp3) is 0.846. The van der Waals surface area contributed by atoms with Crippen molar-refractivity contribution in [2.45, 2.75) is 46.5 Å². The number of rotatable bonds is 3. The molecule has 2 aliphatic carbocycles. The highest BCUT2D eigenvalue weighted by atomic mass is 16.4. The van der Waals surface area contributed by atoms with Crippen LogP contribution in [0.2, 0.25) is 0 Å². The number of carboxylic acid groups (broad SMARTS) is 2. The summed E-state index contributed by atoms with van der Waals surface area (Å²) < 4.78 is 0. The zero-order valence-electron chi connectivity index (χ0n) is 10.6. The summed E-state index contributed by atoms with van der Waals surface area (Å²) >= 11 is 0. The number of carboxylic acids is 2. The van der Waals surface area contributed by atoms with Crippen LogP contribution in [0.15, 0.2) is 0 Å². The van der Waals surface area contributed by atoms with Gasteiger partial charge in [-0.3, -0.25) is 9.59 Å². The highest BCUT2D eigenvalue weighted by Crippen LogP contribution is 2.74. The second kappa shape index (κ2) is 3.24. The zero-order valence-corrected chi connectivity index (χ0v) is 10.6. The molecule has 2 saturated carbocycles. The van der Waals surface area contributed by atoms with E-state index in [9.17, 15) is 14.7 Å². The molecule has 4 heteroatoms. The lowest BCUT2D eigenvalue weighted by Gasteiger charge is -2.45. The van der Waals surface area contributed by atoms with E-state index in [4.69, 9.17) is 5.11 Å². The standard InChI is InChI=1S/C13H20O4/c1-11(2)8-4-5-12(11,3)13(6-8,10(16)17)7-9(14)15/h8H,4-7H2,1-3H3,(H,14,15)(H,16,17)/t8-,12+,13+/m0/s1. The first-order chi connectivity index (χ1) is 7.67. The second-order valence-corrected chi connectivity index (χ2v) is 6.45. The second-order valence-electron chi connectivity index (χ2n) is 6.45. The molecule has 0 aromatic carbocycles. The Morgan fingerprint density at radius 2 is 1.82 bits per heavy atom. The Kier molecular flexibility index (Phi) is 2.36. The Labute approximate surface area is 101 Å². The van der Waals surface area contributed by atoms with Gasteiger partial charge in [0.1, 0.15) is 0 Å². The number of fused-ring (bicyclic) bond motifs is 2. The number of aliphatic carboxylic acids is 2. The molecule has 17 heavy (non-hydrogen) atoms. The van der Waals surface area contributed by atoms with Crippen molar-refractivity contribution in [3.63, 3.8) is 0 Å². The number of hydrogen-bond donors (Lipinski definition) is 2. The molecule has 2 fully saturated rings. The van der Waals surface area contributed by atoms with Gasteiger partial charge >= 0.3 is 11.9 Å². The van der Waals surface area contributed by atoms with Crippen LogP contribution in [0.5, 0.6) is 0 Å². The highest BCUT2D eigenvalue weighted by Gasteiger charge is 2.72. The van der Waals surface area contributed by atoms with Gasteiger partial charge < -0.3 is 10.2 Å². The van der Waals surface area contributed by atoms with Crippen molar-refractivity contribution in [2.24, 2.45) is 22.2 Å². The first-order valence-corrected chi connectivity index (χ1v) is 6.12. The van der Waals surface area contributed by atoms with E-state index in [2.05, 4.69) is 13.8 Å². The van der Waals surface area contributed by atoms with Crippen molar-refractivity contribution in [1.82, 2.24) is 0 Å². The average Bonchev–Trinajstić information content (AvgIpc) is 2.48. The van der Waals surface area contributed by atoms with Gasteiger partial charge in [0.15, 0.2) is 0 Å². The van der Waals surface area contributed by atoms with Gasteiger partial charge in [0, 0.05) is 0 Å². The van der Waals surface area contributed by atoms with E-state index in [1.165, 1.54) is 0 Å². The largest absolute Gasteiger partial charge is 0.481 e. The molecule has 0 unspecified atom stereocenters. The third-order valence-electron chi connectivity index (χ3n) is 5.95. The van der Waals surface area contributed by atoms with Crippen LogP contribution >= 0.6 is 0 Å². The molecule has 0 aromatic heterocycles. The first-order valence-electron chi connectivity index (χ1n) is 6.12. The van der Waals surface area contributed by atoms with Crippen molar-refractivity contribution < 1.29 is 19.8 Å². The minimum absolute atomic E-state index is 0.0825. The molecule has 0 aliphatic heterocycles. The lowest BCUT2D eigenvalue weighted by molar-refractivity contribution is -0.166. The van der Waals surface area contributed by atoms with Crippen LogP contribution in [0.4, 0.5) is 0 Å². The molecule has 2 aliphatic rings. The van der Waals surface area contributed by atoms with E-state index in [0.717, 1.165) is 12.8 Å². The van der Waals surface area contributed by atoms with E-state index >= 15 is 0 Å².